The Kier molecular flexibility index (Phi) is 5.86. The van der Waals surface area contributed by atoms with Crippen LogP contribution in [0.5, 0.6) is 11.5 Å². The predicted molar refractivity (Wildman–Crippen MR) is 78.8 cm³/mol. The van der Waals surface area contributed by atoms with Gasteiger partial charge in [-0.3, -0.25) is 0 Å². The fourth-order valence-corrected chi connectivity index (χ4v) is 1.58. The van der Waals surface area contributed by atoms with Gasteiger partial charge in [0.05, 0.1) is 13.2 Å². The van der Waals surface area contributed by atoms with Gasteiger partial charge in [-0.1, -0.05) is 27.7 Å². The van der Waals surface area contributed by atoms with E-state index in [0.29, 0.717) is 24.7 Å². The van der Waals surface area contributed by atoms with Crippen molar-refractivity contribution in [3.63, 3.8) is 0 Å². The Hall–Kier alpha value is -1.71. The smallest absolute Gasteiger partial charge is 0.339 e. The van der Waals surface area contributed by atoms with Crippen LogP contribution in [0, 0.1) is 5.41 Å². The number of benzene rings is 1. The van der Waals surface area contributed by atoms with Crippen LogP contribution in [0.3, 0.4) is 0 Å². The van der Waals surface area contributed by atoms with Gasteiger partial charge in [-0.05, 0) is 30.4 Å². The van der Waals surface area contributed by atoms with E-state index >= 15 is 0 Å². The second kappa shape index (κ2) is 7.17. The maximum Gasteiger partial charge on any atom is 0.339 e. The molecule has 0 heterocycles. The lowest BCUT2D eigenvalue weighted by Crippen LogP contribution is -2.12. The summed E-state index contributed by atoms with van der Waals surface area (Å²) < 4.78 is 11.1. The minimum absolute atomic E-state index is 0.152. The van der Waals surface area contributed by atoms with Crippen LogP contribution in [0.4, 0.5) is 0 Å². The highest BCUT2D eigenvalue weighted by molar-refractivity contribution is 5.91. The molecule has 0 bridgehead atoms. The van der Waals surface area contributed by atoms with E-state index in [1.165, 1.54) is 6.07 Å². The van der Waals surface area contributed by atoms with Crippen molar-refractivity contribution >= 4 is 5.97 Å². The molecule has 4 nitrogen and oxygen atoms in total. The molecule has 0 aliphatic carbocycles. The van der Waals surface area contributed by atoms with Crippen LogP contribution in [0.1, 0.15) is 50.9 Å². The van der Waals surface area contributed by atoms with E-state index in [1.807, 2.05) is 6.92 Å². The van der Waals surface area contributed by atoms with E-state index in [1.54, 1.807) is 12.1 Å². The molecule has 1 rings (SSSR count). The molecule has 0 spiro atoms. The van der Waals surface area contributed by atoms with Gasteiger partial charge in [0.1, 0.15) is 17.1 Å². The highest BCUT2D eigenvalue weighted by Gasteiger charge is 2.15. The van der Waals surface area contributed by atoms with E-state index in [4.69, 9.17) is 9.47 Å². The summed E-state index contributed by atoms with van der Waals surface area (Å²) in [5, 5.41) is 9.17. The number of ether oxygens (including phenoxy) is 2. The largest absolute Gasteiger partial charge is 0.493 e. The number of carboxylic acid groups (broad SMARTS) is 1. The number of aromatic carboxylic acids is 1. The van der Waals surface area contributed by atoms with Crippen LogP contribution in [0.15, 0.2) is 18.2 Å². The first kappa shape index (κ1) is 16.3. The van der Waals surface area contributed by atoms with Gasteiger partial charge in [0, 0.05) is 6.07 Å². The molecule has 1 aromatic carbocycles. The summed E-state index contributed by atoms with van der Waals surface area (Å²) in [7, 11) is 0. The molecule has 20 heavy (non-hydrogen) atoms. The Labute approximate surface area is 120 Å². The zero-order chi connectivity index (χ0) is 15.2. The normalized spacial score (nSPS) is 11.2. The average molecular weight is 280 g/mol. The molecule has 0 amide bonds. The minimum atomic E-state index is -0.988. The Morgan fingerprint density at radius 3 is 2.45 bits per heavy atom. The fourth-order valence-electron chi connectivity index (χ4n) is 1.58. The molecular formula is C16H24O4. The van der Waals surface area contributed by atoms with Gasteiger partial charge in [-0.15, -0.1) is 0 Å². The molecule has 1 N–H and O–H groups in total. The summed E-state index contributed by atoms with van der Waals surface area (Å²) in [4.78, 5) is 11.2. The van der Waals surface area contributed by atoms with E-state index in [-0.39, 0.29) is 11.0 Å². The van der Waals surface area contributed by atoms with Crippen LogP contribution in [0.2, 0.25) is 0 Å². The van der Waals surface area contributed by atoms with Crippen LogP contribution >= 0.6 is 0 Å². The number of hydrogen-bond donors (Lipinski definition) is 1. The van der Waals surface area contributed by atoms with Gasteiger partial charge >= 0.3 is 5.97 Å². The molecule has 4 heteroatoms. The SMILES string of the molecule is CCCOc1ccc(C(=O)O)c(OCCC(C)(C)C)c1. The Morgan fingerprint density at radius 2 is 1.90 bits per heavy atom. The molecule has 0 atom stereocenters. The van der Waals surface area contributed by atoms with Crippen LogP contribution in [-0.2, 0) is 0 Å². The topological polar surface area (TPSA) is 55.8 Å². The average Bonchev–Trinajstić information content (AvgIpc) is 2.34. The highest BCUT2D eigenvalue weighted by Crippen LogP contribution is 2.27. The fraction of sp³-hybridized carbons (Fsp3) is 0.562. The molecule has 0 aromatic heterocycles. The maximum absolute atomic E-state index is 11.2. The van der Waals surface area contributed by atoms with E-state index in [9.17, 15) is 9.90 Å². The number of rotatable bonds is 7. The van der Waals surface area contributed by atoms with Gasteiger partial charge < -0.3 is 14.6 Å². The first-order valence-corrected chi connectivity index (χ1v) is 6.96. The van der Waals surface area contributed by atoms with Gasteiger partial charge in [0.15, 0.2) is 0 Å². The van der Waals surface area contributed by atoms with Crippen molar-refractivity contribution in [2.75, 3.05) is 13.2 Å². The van der Waals surface area contributed by atoms with E-state index < -0.39 is 5.97 Å². The third-order valence-electron chi connectivity index (χ3n) is 2.77. The summed E-state index contributed by atoms with van der Waals surface area (Å²) in [5.74, 6) is 0.0239. The van der Waals surface area contributed by atoms with Crippen LogP contribution in [0.25, 0.3) is 0 Å². The van der Waals surface area contributed by atoms with Crippen molar-refractivity contribution in [2.24, 2.45) is 5.41 Å². The molecule has 1 aromatic rings. The van der Waals surface area contributed by atoms with Crippen molar-refractivity contribution in [1.82, 2.24) is 0 Å². The lowest BCUT2D eigenvalue weighted by molar-refractivity contribution is 0.0691. The van der Waals surface area contributed by atoms with Gasteiger partial charge in [-0.25, -0.2) is 4.79 Å². The summed E-state index contributed by atoms with van der Waals surface area (Å²) in [6.07, 6.45) is 1.76. The molecule has 0 aliphatic rings. The summed E-state index contributed by atoms with van der Waals surface area (Å²) >= 11 is 0. The Bertz CT molecular complexity index is 446. The van der Waals surface area contributed by atoms with Gasteiger partial charge in [0.25, 0.3) is 0 Å². The zero-order valence-electron chi connectivity index (χ0n) is 12.7. The quantitative estimate of drug-likeness (QED) is 0.820. The Morgan fingerprint density at radius 1 is 1.20 bits per heavy atom. The monoisotopic (exact) mass is 280 g/mol. The number of carbonyl (C=O) groups is 1. The minimum Gasteiger partial charge on any atom is -0.493 e. The van der Waals surface area contributed by atoms with Crippen molar-refractivity contribution in [1.29, 1.82) is 0 Å². The molecule has 0 saturated heterocycles. The molecule has 0 saturated carbocycles. The second-order valence-corrected chi connectivity index (χ2v) is 5.97. The molecule has 0 aliphatic heterocycles. The van der Waals surface area contributed by atoms with E-state index in [0.717, 1.165) is 12.8 Å². The maximum atomic E-state index is 11.2. The lowest BCUT2D eigenvalue weighted by Gasteiger charge is -2.19. The van der Waals surface area contributed by atoms with Gasteiger partial charge in [-0.2, -0.15) is 0 Å². The third kappa shape index (κ3) is 5.51. The first-order chi connectivity index (χ1) is 9.33. The van der Waals surface area contributed by atoms with Gasteiger partial charge in [0.2, 0.25) is 0 Å². The molecular weight excluding hydrogens is 256 g/mol. The number of hydrogen-bond acceptors (Lipinski definition) is 3. The summed E-state index contributed by atoms with van der Waals surface area (Å²) in [6.45, 7) is 9.47. The van der Waals surface area contributed by atoms with Crippen molar-refractivity contribution in [3.8, 4) is 11.5 Å². The zero-order valence-corrected chi connectivity index (χ0v) is 12.7. The second-order valence-electron chi connectivity index (χ2n) is 5.97. The standard InChI is InChI=1S/C16H24O4/c1-5-9-19-12-6-7-13(15(17)18)14(11-12)20-10-8-16(2,3)4/h6-7,11H,5,8-10H2,1-4H3,(H,17,18). The molecule has 0 fully saturated rings. The summed E-state index contributed by atoms with van der Waals surface area (Å²) in [5.41, 5.74) is 0.322. The van der Waals surface area contributed by atoms with Crippen molar-refractivity contribution in [3.05, 3.63) is 23.8 Å². The highest BCUT2D eigenvalue weighted by atomic mass is 16.5. The van der Waals surface area contributed by atoms with Crippen molar-refractivity contribution in [2.45, 2.75) is 40.5 Å². The number of carboxylic acids is 1. The third-order valence-corrected chi connectivity index (χ3v) is 2.77. The van der Waals surface area contributed by atoms with Crippen LogP contribution in [-0.4, -0.2) is 24.3 Å². The van der Waals surface area contributed by atoms with Crippen LogP contribution < -0.4 is 9.47 Å². The summed E-state index contributed by atoms with van der Waals surface area (Å²) in [6, 6.07) is 4.84. The predicted octanol–water partition coefficient (Wildman–Crippen LogP) is 3.99. The molecule has 112 valence electrons. The molecule has 0 unspecified atom stereocenters. The van der Waals surface area contributed by atoms with E-state index in [2.05, 4.69) is 20.8 Å². The lowest BCUT2D eigenvalue weighted by atomic mass is 9.93. The molecule has 0 radical (unpaired) electrons. The van der Waals surface area contributed by atoms with Crippen molar-refractivity contribution < 1.29 is 19.4 Å². The first-order valence-electron chi connectivity index (χ1n) is 6.96. The Balaban J connectivity index is 2.80.